The molecule has 0 amide bonds. The van der Waals surface area contributed by atoms with Crippen molar-refractivity contribution in [2.75, 3.05) is 39.8 Å². The van der Waals surface area contributed by atoms with E-state index in [0.717, 1.165) is 19.5 Å². The first kappa shape index (κ1) is 17.2. The fraction of sp³-hybridized carbons (Fsp3) is 0.714. The van der Waals surface area contributed by atoms with Crippen molar-refractivity contribution in [2.45, 2.75) is 25.5 Å². The molecule has 20 heavy (non-hydrogen) atoms. The van der Waals surface area contributed by atoms with E-state index in [1.165, 1.54) is 17.3 Å². The van der Waals surface area contributed by atoms with Crippen LogP contribution in [0.15, 0.2) is 11.6 Å². The summed E-state index contributed by atoms with van der Waals surface area (Å²) in [5.41, 5.74) is 1.24. The van der Waals surface area contributed by atoms with Crippen LogP contribution in [0.2, 0.25) is 0 Å². The largest absolute Gasteiger partial charge is 0.465 e. The molecule has 114 valence electrons. The van der Waals surface area contributed by atoms with Crippen molar-refractivity contribution in [1.82, 2.24) is 10.2 Å². The van der Waals surface area contributed by atoms with E-state index >= 15 is 0 Å². The Kier molecular flexibility index (Phi) is 7.87. The Balaban J connectivity index is 2.48. The summed E-state index contributed by atoms with van der Waals surface area (Å²) in [6.45, 7) is 6.56. The van der Waals surface area contributed by atoms with Crippen LogP contribution in [0.3, 0.4) is 0 Å². The predicted molar refractivity (Wildman–Crippen MR) is 81.8 cm³/mol. The summed E-state index contributed by atoms with van der Waals surface area (Å²) in [5.74, 6) is -0.204. The number of esters is 1. The Morgan fingerprint density at radius 3 is 2.95 bits per heavy atom. The lowest BCUT2D eigenvalue weighted by molar-refractivity contribution is -0.143. The molecule has 6 heteroatoms. The Labute approximate surface area is 125 Å². The van der Waals surface area contributed by atoms with Crippen molar-refractivity contribution in [3.05, 3.63) is 11.6 Å². The first-order valence-electron chi connectivity index (χ1n) is 6.94. The summed E-state index contributed by atoms with van der Waals surface area (Å²) in [7, 11) is 1.89. The van der Waals surface area contributed by atoms with Crippen LogP contribution in [0.1, 0.15) is 20.3 Å². The zero-order valence-electron chi connectivity index (χ0n) is 12.5. The van der Waals surface area contributed by atoms with Crippen molar-refractivity contribution in [2.24, 2.45) is 0 Å². The molecule has 1 aliphatic heterocycles. The van der Waals surface area contributed by atoms with Gasteiger partial charge in [-0.05, 0) is 32.5 Å². The fourth-order valence-electron chi connectivity index (χ4n) is 2.07. The smallest absolute Gasteiger partial charge is 0.320 e. The van der Waals surface area contributed by atoms with Gasteiger partial charge in [-0.3, -0.25) is 14.5 Å². The molecule has 1 atom stereocenters. The van der Waals surface area contributed by atoms with Crippen LogP contribution in [0.4, 0.5) is 0 Å². The summed E-state index contributed by atoms with van der Waals surface area (Å²) in [6.07, 6.45) is 3.09. The van der Waals surface area contributed by atoms with Crippen molar-refractivity contribution in [3.8, 4) is 0 Å². The molecule has 1 unspecified atom stereocenters. The van der Waals surface area contributed by atoms with Gasteiger partial charge in [0.2, 0.25) is 0 Å². The Morgan fingerprint density at radius 1 is 1.55 bits per heavy atom. The van der Waals surface area contributed by atoms with Crippen molar-refractivity contribution in [3.63, 3.8) is 0 Å². The molecule has 0 aliphatic carbocycles. The number of piperidine rings is 1. The number of nitrogens with zero attached hydrogens (tertiary/aromatic N) is 1. The van der Waals surface area contributed by atoms with Crippen LogP contribution >= 0.6 is 11.8 Å². The molecule has 0 aromatic carbocycles. The highest BCUT2D eigenvalue weighted by Crippen LogP contribution is 2.25. The van der Waals surface area contributed by atoms with E-state index in [1.54, 1.807) is 13.8 Å². The lowest BCUT2D eigenvalue weighted by Crippen LogP contribution is -2.34. The number of rotatable bonds is 6. The van der Waals surface area contributed by atoms with E-state index in [9.17, 15) is 9.59 Å². The van der Waals surface area contributed by atoms with Gasteiger partial charge in [-0.25, -0.2) is 0 Å². The summed E-state index contributed by atoms with van der Waals surface area (Å²) in [6, 6.07) is 0. The van der Waals surface area contributed by atoms with Gasteiger partial charge in [0.25, 0.3) is 0 Å². The van der Waals surface area contributed by atoms with Crippen LogP contribution in [-0.4, -0.2) is 61.1 Å². The SMILES string of the molecule is CCOC(=O)CN(C)C/C=C1/CNCCC1SC(C)=O. The molecule has 0 aromatic heterocycles. The summed E-state index contributed by atoms with van der Waals surface area (Å²) in [5, 5.41) is 3.74. The Morgan fingerprint density at radius 2 is 2.30 bits per heavy atom. The molecular formula is C14H24N2O3S. The van der Waals surface area contributed by atoms with Crippen LogP contribution in [-0.2, 0) is 14.3 Å². The third kappa shape index (κ3) is 6.54. The number of carbonyl (C=O) groups excluding carboxylic acids is 2. The molecule has 1 rings (SSSR count). The lowest BCUT2D eigenvalue weighted by Gasteiger charge is -2.25. The lowest BCUT2D eigenvalue weighted by atomic mass is 10.1. The normalized spacial score (nSPS) is 21.2. The first-order chi connectivity index (χ1) is 9.52. The molecular weight excluding hydrogens is 276 g/mol. The third-order valence-corrected chi connectivity index (χ3v) is 4.16. The van der Waals surface area contributed by atoms with Gasteiger partial charge in [0.15, 0.2) is 5.12 Å². The van der Waals surface area contributed by atoms with E-state index in [0.29, 0.717) is 13.2 Å². The maximum absolute atomic E-state index is 11.4. The Hall–Kier alpha value is -0.850. The quantitative estimate of drug-likeness (QED) is 0.584. The minimum absolute atomic E-state index is 0.155. The molecule has 1 N–H and O–H groups in total. The molecule has 0 spiro atoms. The number of hydrogen-bond donors (Lipinski definition) is 1. The van der Waals surface area contributed by atoms with Crippen LogP contribution in [0.25, 0.3) is 0 Å². The summed E-state index contributed by atoms with van der Waals surface area (Å²) in [4.78, 5) is 24.5. The van der Waals surface area contributed by atoms with Gasteiger partial charge in [0.05, 0.1) is 13.2 Å². The summed E-state index contributed by atoms with van der Waals surface area (Å²) < 4.78 is 4.92. The highest BCUT2D eigenvalue weighted by atomic mass is 32.2. The molecule has 1 heterocycles. The van der Waals surface area contributed by atoms with Gasteiger partial charge >= 0.3 is 5.97 Å². The number of likely N-dealkylation sites (N-methyl/N-ethyl adjacent to an activating group) is 1. The van der Waals surface area contributed by atoms with Crippen LogP contribution in [0.5, 0.6) is 0 Å². The van der Waals surface area contributed by atoms with Crippen molar-refractivity contribution >= 4 is 22.8 Å². The monoisotopic (exact) mass is 300 g/mol. The van der Waals surface area contributed by atoms with Crippen molar-refractivity contribution < 1.29 is 14.3 Å². The maximum Gasteiger partial charge on any atom is 0.320 e. The minimum atomic E-state index is -0.204. The van der Waals surface area contributed by atoms with E-state index in [4.69, 9.17) is 4.74 Å². The predicted octanol–water partition coefficient (Wildman–Crippen LogP) is 1.05. The topological polar surface area (TPSA) is 58.6 Å². The second kappa shape index (κ2) is 9.15. The first-order valence-corrected chi connectivity index (χ1v) is 7.82. The standard InChI is InChI=1S/C14H24N2O3S/c1-4-19-14(18)10-16(3)8-6-12-9-15-7-5-13(12)20-11(2)17/h6,13,15H,4-5,7-10H2,1-3H3/b12-6-. The number of ether oxygens (including phenoxy) is 1. The summed E-state index contributed by atoms with van der Waals surface area (Å²) >= 11 is 1.40. The van der Waals surface area contributed by atoms with E-state index in [1.807, 2.05) is 11.9 Å². The van der Waals surface area contributed by atoms with Gasteiger partial charge < -0.3 is 10.1 Å². The molecule has 1 saturated heterocycles. The number of nitrogens with one attached hydrogen (secondary N) is 1. The highest BCUT2D eigenvalue weighted by Gasteiger charge is 2.20. The maximum atomic E-state index is 11.4. The highest BCUT2D eigenvalue weighted by molar-refractivity contribution is 8.14. The number of hydrogen-bond acceptors (Lipinski definition) is 6. The van der Waals surface area contributed by atoms with Gasteiger partial charge in [0, 0.05) is 25.3 Å². The second-order valence-corrected chi connectivity index (χ2v) is 6.22. The van der Waals surface area contributed by atoms with Gasteiger partial charge in [0.1, 0.15) is 0 Å². The van der Waals surface area contributed by atoms with E-state index in [2.05, 4.69) is 11.4 Å². The molecule has 0 aromatic rings. The Bertz CT molecular complexity index is 371. The van der Waals surface area contributed by atoms with Gasteiger partial charge in [-0.2, -0.15) is 0 Å². The number of thioether (sulfide) groups is 1. The molecule has 5 nitrogen and oxygen atoms in total. The zero-order chi connectivity index (χ0) is 15.0. The van der Waals surface area contributed by atoms with E-state index in [-0.39, 0.29) is 22.9 Å². The molecule has 0 radical (unpaired) electrons. The number of carbonyl (C=O) groups is 2. The molecule has 1 aliphatic rings. The van der Waals surface area contributed by atoms with Gasteiger partial charge in [-0.15, -0.1) is 0 Å². The average Bonchev–Trinajstić information content (AvgIpc) is 2.37. The molecule has 0 bridgehead atoms. The second-order valence-electron chi connectivity index (χ2n) is 4.84. The van der Waals surface area contributed by atoms with E-state index < -0.39 is 0 Å². The average molecular weight is 300 g/mol. The molecule has 0 saturated carbocycles. The minimum Gasteiger partial charge on any atom is -0.465 e. The van der Waals surface area contributed by atoms with Crippen molar-refractivity contribution in [1.29, 1.82) is 0 Å². The molecule has 1 fully saturated rings. The zero-order valence-corrected chi connectivity index (χ0v) is 13.3. The third-order valence-electron chi connectivity index (χ3n) is 3.00. The van der Waals surface area contributed by atoms with Crippen LogP contribution in [0, 0.1) is 0 Å². The fourth-order valence-corrected chi connectivity index (χ4v) is 3.04. The van der Waals surface area contributed by atoms with Gasteiger partial charge in [-0.1, -0.05) is 17.8 Å². The van der Waals surface area contributed by atoms with Crippen LogP contribution < -0.4 is 5.32 Å².